The van der Waals surface area contributed by atoms with E-state index < -0.39 is 23.9 Å². The van der Waals surface area contributed by atoms with Crippen molar-refractivity contribution < 1.29 is 39.4 Å². The normalized spacial score (nSPS) is 21.3. The molecule has 8 atom stereocenters. The van der Waals surface area contributed by atoms with Gasteiger partial charge in [-0.15, -0.1) is 86.1 Å². The predicted octanol–water partition coefficient (Wildman–Crippen LogP) is 10.8. The number of hydrogen-bond donors (Lipinski definition) is 4. The van der Waals surface area contributed by atoms with Gasteiger partial charge in [0.25, 0.3) is 0 Å². The minimum atomic E-state index is -0.952. The second kappa shape index (κ2) is 38.8. The van der Waals surface area contributed by atoms with Crippen LogP contribution >= 0.6 is 45.3 Å². The molecule has 12 aromatic rings. The zero-order valence-electron chi connectivity index (χ0n) is 70.1. The quantitative estimate of drug-likeness (QED) is 0.0698. The van der Waals surface area contributed by atoms with Crippen molar-refractivity contribution >= 4 is 135 Å². The van der Waals surface area contributed by atoms with Gasteiger partial charge in [0, 0.05) is 205 Å². The van der Waals surface area contributed by atoms with E-state index in [1.54, 1.807) is 40.2 Å². The van der Waals surface area contributed by atoms with Crippen LogP contribution in [0.2, 0.25) is 0 Å². The van der Waals surface area contributed by atoms with Gasteiger partial charge in [-0.05, 0) is 187 Å². The number of aryl methyl sites for hydroxylation is 5. The number of hydrogen-bond acceptors (Lipinski definition) is 36. The number of anilines is 8. The van der Waals surface area contributed by atoms with Crippen molar-refractivity contribution in [2.24, 2.45) is 23.7 Å². The molecule has 0 saturated carbocycles. The van der Waals surface area contributed by atoms with Gasteiger partial charge in [0.15, 0.2) is 23.3 Å². The highest BCUT2D eigenvalue weighted by Crippen LogP contribution is 2.43. The lowest BCUT2D eigenvalue weighted by Gasteiger charge is -2.40. The number of aliphatic hydroxyl groups is 4. The van der Waals surface area contributed by atoms with Gasteiger partial charge in [0.2, 0.25) is 0 Å². The zero-order valence-corrected chi connectivity index (χ0v) is 73.4. The number of thiazole rings is 4. The zero-order chi connectivity index (χ0) is 83.8. The third-order valence-electron chi connectivity index (χ3n) is 25.0. The molecule has 0 aliphatic carbocycles. The molecule has 36 heteroatoms. The molecule has 8 aliphatic rings. The third kappa shape index (κ3) is 19.3. The van der Waals surface area contributed by atoms with E-state index in [-0.39, 0.29) is 23.7 Å². The van der Waals surface area contributed by atoms with E-state index in [9.17, 15) is 20.4 Å². The van der Waals surface area contributed by atoms with E-state index >= 15 is 0 Å². The molecule has 8 aliphatic heterocycles. The first kappa shape index (κ1) is 84.8. The minimum absolute atomic E-state index is 0.0787. The van der Waals surface area contributed by atoms with Crippen LogP contribution in [0.5, 0.6) is 0 Å². The van der Waals surface area contributed by atoms with E-state index in [1.807, 2.05) is 39.3 Å². The van der Waals surface area contributed by atoms with Gasteiger partial charge >= 0.3 is 0 Å². The van der Waals surface area contributed by atoms with Crippen molar-refractivity contribution in [3.63, 3.8) is 0 Å². The number of ether oxygens (including phenoxy) is 4. The Kier molecular flexibility index (Phi) is 26.9. The molecule has 0 bridgehead atoms. The first-order valence-corrected chi connectivity index (χ1v) is 46.1. The first-order chi connectivity index (χ1) is 59.5. The van der Waals surface area contributed by atoms with Gasteiger partial charge in [-0.25, -0.2) is 19.9 Å². The number of nitrogens with zero attached hydrogens (tertiary/aromatic N) is 24. The molecule has 0 spiro atoms. The second-order valence-corrected chi connectivity index (χ2v) is 37.6. The topological polar surface area (TPSA) is 350 Å². The van der Waals surface area contributed by atoms with Crippen molar-refractivity contribution in [1.82, 2.24) is 81.6 Å². The highest BCUT2D eigenvalue weighted by Gasteiger charge is 2.41. The van der Waals surface area contributed by atoms with Gasteiger partial charge in [-0.2, -0.15) is 0 Å². The fourth-order valence-corrected chi connectivity index (χ4v) is 21.5. The Balaban J connectivity index is 0.000000116. The van der Waals surface area contributed by atoms with Gasteiger partial charge in [0.1, 0.15) is 66.0 Å². The molecule has 0 radical (unpaired) electrons. The largest absolute Gasteiger partial charge is 0.386 e. The summed E-state index contributed by atoms with van der Waals surface area (Å²) in [5.41, 5.74) is 9.02. The highest BCUT2D eigenvalue weighted by molar-refractivity contribution is 7.12. The summed E-state index contributed by atoms with van der Waals surface area (Å²) in [6.45, 7) is 31.6. The Labute approximate surface area is 725 Å². The van der Waals surface area contributed by atoms with Crippen LogP contribution in [0.15, 0.2) is 90.6 Å². The Morgan fingerprint density at radius 2 is 0.713 bits per heavy atom. The van der Waals surface area contributed by atoms with Crippen LogP contribution in [0.1, 0.15) is 123 Å². The second-order valence-electron chi connectivity index (χ2n) is 33.0. The number of benzene rings is 4. The van der Waals surface area contributed by atoms with E-state index in [1.165, 1.54) is 21.1 Å². The van der Waals surface area contributed by atoms with E-state index in [0.717, 1.165) is 328 Å². The lowest BCUT2D eigenvalue weighted by atomic mass is 9.83. The molecular formula is C86H108N24O8S4. The lowest BCUT2D eigenvalue weighted by Crippen LogP contribution is -2.45. The summed E-state index contributed by atoms with van der Waals surface area (Å²) in [6, 6.07) is 25.3. The number of rotatable bonds is 16. The average molecular weight is 1730 g/mol. The maximum absolute atomic E-state index is 11.2. The first-order valence-electron chi connectivity index (χ1n) is 42.8. The molecule has 4 N–H and O–H groups in total. The molecule has 8 aromatic heterocycles. The van der Waals surface area contributed by atoms with Crippen molar-refractivity contribution in [2.75, 3.05) is 197 Å². The molecule has 0 unspecified atom stereocenters. The summed E-state index contributed by atoms with van der Waals surface area (Å²) >= 11 is 6.28. The summed E-state index contributed by atoms with van der Waals surface area (Å²) in [5, 5.41) is 104. The maximum Gasteiger partial charge on any atom is 0.162 e. The molecule has 122 heavy (non-hydrogen) atoms. The number of morpholine rings is 4. The fraction of sp³-hybridized carbons (Fsp3) is 0.535. The fourth-order valence-electron chi connectivity index (χ4n) is 17.9. The van der Waals surface area contributed by atoms with Crippen molar-refractivity contribution in [3.05, 3.63) is 137 Å². The SMILES string of the molecule is C[C@@](O)(c1nccs1)[C@H]1CCCN(c2nnnc3cc(N4CCOCC4)ccc23)C1.Cc1cnc([C@@H](O)[C@H]2CCCN(c3nnnc4cc(N5CCOCC5)ccc34)C2)s1.Cc1nc([C@@H](O)[C@H]2CCCN(c3nnnc4cc(N5CCOCC5)ccc34)C2)sc1C.Cc1nc([C@H](O)[C@@H]2CCCN(c3nnnc4cc(N5CCOCC5)ccc34)C2)sc1C. The van der Waals surface area contributed by atoms with Crippen LogP contribution in [0.3, 0.4) is 0 Å². The predicted molar refractivity (Wildman–Crippen MR) is 478 cm³/mol. The van der Waals surface area contributed by atoms with Crippen LogP contribution < -0.4 is 39.2 Å². The molecule has 16 heterocycles. The van der Waals surface area contributed by atoms with Gasteiger partial charge in [-0.3, -0.25) is 0 Å². The van der Waals surface area contributed by atoms with Crippen LogP contribution in [-0.4, -0.2) is 260 Å². The van der Waals surface area contributed by atoms with Gasteiger partial charge in [-0.1, -0.05) is 0 Å². The smallest absolute Gasteiger partial charge is 0.162 e. The molecule has 644 valence electrons. The van der Waals surface area contributed by atoms with Crippen molar-refractivity contribution in [1.29, 1.82) is 0 Å². The maximum atomic E-state index is 11.2. The summed E-state index contributed by atoms with van der Waals surface area (Å²) in [4.78, 5) is 39.6. The summed E-state index contributed by atoms with van der Waals surface area (Å²) in [7, 11) is 0. The van der Waals surface area contributed by atoms with Crippen molar-refractivity contribution in [3.8, 4) is 0 Å². The van der Waals surface area contributed by atoms with Crippen LogP contribution in [0.25, 0.3) is 43.6 Å². The Morgan fingerprint density at radius 3 is 1.02 bits per heavy atom. The standard InChI is InChI=1S/2C22H28N6O2S.2C21H26N6O2S/c2*1-14-15(2)31-22(23-14)20(29)16-4-3-7-28(13-16)21-18-6-5-17(12-19(18)24-26-25-21)27-8-10-30-11-9-27;1-21(28,20-22-6-12-30-20)15-3-2-7-27(14-15)19-17-5-4-16(13-18(17)23-25-24-19)26-8-10-29-11-9-26;1-14-12-22-21(30-14)19(28)15-3-2-6-27(13-15)20-17-5-4-16(11-18(17)23-25-24-20)26-7-9-29-10-8-26/h2*5-6,12,16,20,29H,3-4,7-11,13H2,1-2H3;4-6,12-13,15,28H,2-3,7-11,14H2,1H3;4-5,11-12,15,19,28H,2-3,6-10,13H2,1H3/t2*16-,20-;15-,21-;15-,19-/m1000/s1. The summed E-state index contributed by atoms with van der Waals surface area (Å²) in [5.74, 6) is 3.84. The molecule has 8 saturated heterocycles. The number of aliphatic hydroxyl groups excluding tert-OH is 3. The molecule has 32 nitrogen and oxygen atoms in total. The highest BCUT2D eigenvalue weighted by atomic mass is 32.1. The molecule has 4 aromatic carbocycles. The number of piperidine rings is 4. The Morgan fingerprint density at radius 1 is 0.385 bits per heavy atom. The van der Waals surface area contributed by atoms with E-state index in [0.29, 0.717) is 6.54 Å². The van der Waals surface area contributed by atoms with Crippen molar-refractivity contribution in [2.45, 2.75) is 117 Å². The van der Waals surface area contributed by atoms with E-state index in [4.69, 9.17) is 18.9 Å². The van der Waals surface area contributed by atoms with E-state index in [2.05, 4.69) is 207 Å². The Bertz CT molecular complexity index is 5290. The molecular weight excluding hydrogens is 1630 g/mol. The lowest BCUT2D eigenvalue weighted by molar-refractivity contribution is -0.0119. The minimum Gasteiger partial charge on any atom is -0.386 e. The Hall–Kier alpha value is -9.44. The monoisotopic (exact) mass is 1730 g/mol. The number of aromatic nitrogens is 16. The van der Waals surface area contributed by atoms with Gasteiger partial charge in [0.05, 0.1) is 64.2 Å². The van der Waals surface area contributed by atoms with Crippen LogP contribution in [0, 0.1) is 58.3 Å². The van der Waals surface area contributed by atoms with Gasteiger partial charge < -0.3 is 78.6 Å². The number of fused-ring (bicyclic) bond motifs is 4. The summed E-state index contributed by atoms with van der Waals surface area (Å²) < 4.78 is 21.9. The third-order valence-corrected chi connectivity index (χ3v) is 29.3. The molecule has 20 rings (SSSR count). The average Bonchev–Trinajstić information content (AvgIpc) is 1.21. The molecule has 0 amide bonds. The summed E-state index contributed by atoms with van der Waals surface area (Å²) in [6.07, 6.45) is 9.84. The molecule has 8 fully saturated rings. The van der Waals surface area contributed by atoms with Crippen LogP contribution in [-0.2, 0) is 24.5 Å². The van der Waals surface area contributed by atoms with Crippen LogP contribution in [0.4, 0.5) is 46.0 Å².